The number of hydrogen-bond donors (Lipinski definition) is 1. The third-order valence-corrected chi connectivity index (χ3v) is 3.93. The highest BCUT2D eigenvalue weighted by Crippen LogP contribution is 2.32. The lowest BCUT2D eigenvalue weighted by Gasteiger charge is -2.35. The summed E-state index contributed by atoms with van der Waals surface area (Å²) in [6, 6.07) is 4.16. The van der Waals surface area contributed by atoms with E-state index in [1.165, 1.54) is 4.88 Å². The second kappa shape index (κ2) is 5.15. The molecule has 2 nitrogen and oxygen atoms in total. The molecule has 1 atom stereocenters. The minimum absolute atomic E-state index is 0. The highest BCUT2D eigenvalue weighted by molar-refractivity contribution is 9.11. The molecule has 5 heteroatoms. The maximum atomic E-state index is 5.77. The van der Waals surface area contributed by atoms with Gasteiger partial charge in [-0.05, 0) is 28.1 Å². The molecule has 1 N–H and O–H groups in total. The second-order valence-electron chi connectivity index (χ2n) is 4.38. The molecule has 1 aliphatic heterocycles. The Morgan fingerprint density at radius 2 is 2.27 bits per heavy atom. The van der Waals surface area contributed by atoms with Gasteiger partial charge in [0.25, 0.3) is 0 Å². The van der Waals surface area contributed by atoms with E-state index in [2.05, 4.69) is 47.2 Å². The van der Waals surface area contributed by atoms with Gasteiger partial charge in [-0.2, -0.15) is 0 Å². The highest BCUT2D eigenvalue weighted by atomic mass is 79.9. The fourth-order valence-corrected chi connectivity index (χ4v) is 2.89. The monoisotopic (exact) mass is 311 g/mol. The summed E-state index contributed by atoms with van der Waals surface area (Å²) >= 11 is 5.18. The average molecular weight is 313 g/mol. The Hall–Kier alpha value is 0.390. The van der Waals surface area contributed by atoms with Crippen molar-refractivity contribution < 1.29 is 4.74 Å². The van der Waals surface area contributed by atoms with Crippen LogP contribution in [0.2, 0.25) is 0 Å². The predicted octanol–water partition coefficient (Wildman–Crippen LogP) is 3.58. The summed E-state index contributed by atoms with van der Waals surface area (Å²) in [7, 11) is 0. The lowest BCUT2D eigenvalue weighted by Crippen LogP contribution is -2.42. The predicted molar refractivity (Wildman–Crippen MR) is 69.7 cm³/mol. The maximum Gasteiger partial charge on any atom is 0.143 e. The van der Waals surface area contributed by atoms with E-state index in [-0.39, 0.29) is 24.0 Å². The fraction of sp³-hybridized carbons (Fsp3) is 0.600. The molecule has 2 rings (SSSR count). The van der Waals surface area contributed by atoms with Gasteiger partial charge in [0.15, 0.2) is 0 Å². The van der Waals surface area contributed by atoms with Crippen molar-refractivity contribution in [2.45, 2.75) is 20.1 Å². The molecule has 1 unspecified atom stereocenters. The van der Waals surface area contributed by atoms with Gasteiger partial charge in [-0.1, -0.05) is 13.8 Å². The molecule has 2 heterocycles. The van der Waals surface area contributed by atoms with E-state index in [9.17, 15) is 0 Å². The first kappa shape index (κ1) is 13.5. The molecule has 15 heavy (non-hydrogen) atoms. The zero-order valence-electron chi connectivity index (χ0n) is 8.75. The summed E-state index contributed by atoms with van der Waals surface area (Å²) in [6.07, 6.45) is 0.0827. The molecule has 1 saturated heterocycles. The first-order valence-electron chi connectivity index (χ1n) is 4.67. The van der Waals surface area contributed by atoms with Crippen LogP contribution in [0.5, 0.6) is 0 Å². The molecule has 0 aromatic carbocycles. The Labute approximate surface area is 109 Å². The number of thiophene rings is 1. The van der Waals surface area contributed by atoms with Crippen LogP contribution in [0.4, 0.5) is 0 Å². The smallest absolute Gasteiger partial charge is 0.143 e. The highest BCUT2D eigenvalue weighted by Gasteiger charge is 2.28. The van der Waals surface area contributed by atoms with Gasteiger partial charge < -0.3 is 4.74 Å². The van der Waals surface area contributed by atoms with Crippen LogP contribution in [-0.2, 0) is 4.74 Å². The van der Waals surface area contributed by atoms with Crippen LogP contribution in [0, 0.1) is 5.41 Å². The van der Waals surface area contributed by atoms with Crippen LogP contribution in [-0.4, -0.2) is 13.2 Å². The van der Waals surface area contributed by atoms with E-state index in [1.807, 2.05) is 0 Å². The van der Waals surface area contributed by atoms with E-state index >= 15 is 0 Å². The van der Waals surface area contributed by atoms with E-state index in [0.29, 0.717) is 0 Å². The number of ether oxygens (including phenoxy) is 1. The zero-order chi connectivity index (χ0) is 10.2. The van der Waals surface area contributed by atoms with Gasteiger partial charge in [0.2, 0.25) is 0 Å². The summed E-state index contributed by atoms with van der Waals surface area (Å²) in [5.41, 5.74) is 0.255. The molecule has 0 spiro atoms. The minimum Gasteiger partial charge on any atom is -0.358 e. The molecule has 0 bridgehead atoms. The van der Waals surface area contributed by atoms with Crippen molar-refractivity contribution in [3.8, 4) is 0 Å². The van der Waals surface area contributed by atoms with Crippen LogP contribution in [0.15, 0.2) is 15.9 Å². The molecule has 0 aliphatic carbocycles. The molecule has 1 aromatic rings. The van der Waals surface area contributed by atoms with Crippen LogP contribution < -0.4 is 5.32 Å². The first-order chi connectivity index (χ1) is 6.57. The molecule has 1 aromatic heterocycles. The molecule has 1 fully saturated rings. The van der Waals surface area contributed by atoms with Gasteiger partial charge in [-0.3, -0.25) is 5.32 Å². The van der Waals surface area contributed by atoms with E-state index in [4.69, 9.17) is 4.74 Å². The summed E-state index contributed by atoms with van der Waals surface area (Å²) < 4.78 is 6.93. The molecular formula is C10H15BrClNOS. The molecule has 1 aliphatic rings. The summed E-state index contributed by atoms with van der Waals surface area (Å²) in [4.78, 5) is 1.24. The largest absolute Gasteiger partial charge is 0.358 e. The standard InChI is InChI=1S/C10H14BrNOS.ClH/c1-10(2)5-12-9(13-6-10)7-3-4-8(11)14-7;/h3-4,9,12H,5-6H2,1-2H3;1H. The Morgan fingerprint density at radius 3 is 2.73 bits per heavy atom. The molecule has 0 radical (unpaired) electrons. The summed E-state index contributed by atoms with van der Waals surface area (Å²) in [5.74, 6) is 0. The van der Waals surface area contributed by atoms with Crippen LogP contribution >= 0.6 is 39.7 Å². The van der Waals surface area contributed by atoms with E-state index in [0.717, 1.165) is 16.9 Å². The van der Waals surface area contributed by atoms with Crippen molar-refractivity contribution in [1.29, 1.82) is 0 Å². The van der Waals surface area contributed by atoms with Gasteiger partial charge in [0.05, 0.1) is 10.4 Å². The third kappa shape index (κ3) is 3.43. The number of hydrogen-bond acceptors (Lipinski definition) is 3. The quantitative estimate of drug-likeness (QED) is 0.856. The normalized spacial score (nSPS) is 24.6. The van der Waals surface area contributed by atoms with Crippen molar-refractivity contribution >= 4 is 39.7 Å². The van der Waals surface area contributed by atoms with Crippen molar-refractivity contribution in [1.82, 2.24) is 5.32 Å². The fourth-order valence-electron chi connectivity index (χ4n) is 1.44. The van der Waals surface area contributed by atoms with E-state index < -0.39 is 0 Å². The zero-order valence-corrected chi connectivity index (χ0v) is 12.0. The maximum absolute atomic E-state index is 5.77. The number of halogens is 2. The van der Waals surface area contributed by atoms with E-state index in [1.54, 1.807) is 11.3 Å². The van der Waals surface area contributed by atoms with Gasteiger partial charge in [0, 0.05) is 16.8 Å². The lowest BCUT2D eigenvalue weighted by atomic mass is 9.93. The van der Waals surface area contributed by atoms with Crippen molar-refractivity contribution in [2.75, 3.05) is 13.2 Å². The lowest BCUT2D eigenvalue weighted by molar-refractivity contribution is -0.0577. The number of nitrogens with one attached hydrogen (secondary N) is 1. The van der Waals surface area contributed by atoms with Gasteiger partial charge in [-0.25, -0.2) is 0 Å². The van der Waals surface area contributed by atoms with Crippen LogP contribution in [0.1, 0.15) is 25.0 Å². The van der Waals surface area contributed by atoms with Crippen molar-refractivity contribution in [3.05, 3.63) is 20.8 Å². The summed E-state index contributed by atoms with van der Waals surface area (Å²) in [5, 5.41) is 3.41. The van der Waals surface area contributed by atoms with Gasteiger partial charge in [0.1, 0.15) is 6.23 Å². The Bertz CT molecular complexity index is 319. The Balaban J connectivity index is 0.00000112. The summed E-state index contributed by atoms with van der Waals surface area (Å²) in [6.45, 7) is 6.24. The molecular weight excluding hydrogens is 298 g/mol. The minimum atomic E-state index is 0. The third-order valence-electron chi connectivity index (χ3n) is 2.26. The molecule has 0 amide bonds. The van der Waals surface area contributed by atoms with Crippen molar-refractivity contribution in [3.63, 3.8) is 0 Å². The van der Waals surface area contributed by atoms with Gasteiger partial charge >= 0.3 is 0 Å². The topological polar surface area (TPSA) is 21.3 Å². The first-order valence-corrected chi connectivity index (χ1v) is 6.28. The Morgan fingerprint density at radius 1 is 1.53 bits per heavy atom. The second-order valence-corrected chi connectivity index (χ2v) is 6.87. The molecule has 86 valence electrons. The van der Waals surface area contributed by atoms with Crippen LogP contribution in [0.25, 0.3) is 0 Å². The SMILES string of the molecule is CC1(C)CNC(c2ccc(Br)s2)OC1.Cl. The number of rotatable bonds is 1. The van der Waals surface area contributed by atoms with Gasteiger partial charge in [-0.15, -0.1) is 23.7 Å². The Kier molecular flexibility index (Phi) is 4.62. The van der Waals surface area contributed by atoms with Crippen molar-refractivity contribution in [2.24, 2.45) is 5.41 Å². The molecule has 0 saturated carbocycles. The average Bonchev–Trinajstić information content (AvgIpc) is 2.52. The van der Waals surface area contributed by atoms with Crippen LogP contribution in [0.3, 0.4) is 0 Å².